The topological polar surface area (TPSA) is 66.0 Å². The fourth-order valence-electron chi connectivity index (χ4n) is 3.16. The van der Waals surface area contributed by atoms with E-state index in [9.17, 15) is 9.18 Å². The third kappa shape index (κ3) is 4.26. The third-order valence-corrected chi connectivity index (χ3v) is 4.83. The van der Waals surface area contributed by atoms with Gasteiger partial charge in [0.15, 0.2) is 0 Å². The fraction of sp³-hybridized carbons (Fsp3) is 0.400. The number of rotatable bonds is 8. The molecule has 27 heavy (non-hydrogen) atoms. The van der Waals surface area contributed by atoms with Gasteiger partial charge in [-0.25, -0.2) is 9.07 Å². The van der Waals surface area contributed by atoms with Crippen LogP contribution in [0.5, 0.6) is 0 Å². The number of nitrogens with one attached hydrogen (secondary N) is 2. The molecule has 6 nitrogen and oxygen atoms in total. The van der Waals surface area contributed by atoms with Gasteiger partial charge >= 0.3 is 0 Å². The molecular formula is C20H26FN5O. The summed E-state index contributed by atoms with van der Waals surface area (Å²) in [6.07, 6.45) is 0. The third-order valence-electron chi connectivity index (χ3n) is 4.83. The number of H-pyrrole nitrogens is 1. The van der Waals surface area contributed by atoms with Crippen molar-refractivity contribution < 1.29 is 4.39 Å². The summed E-state index contributed by atoms with van der Waals surface area (Å²) >= 11 is 0. The molecule has 0 unspecified atom stereocenters. The Hall–Kier alpha value is -2.51. The number of likely N-dealkylation sites (N-methyl/N-ethyl adjacent to an activating group) is 1. The van der Waals surface area contributed by atoms with Gasteiger partial charge in [-0.2, -0.15) is 5.10 Å². The number of aromatic nitrogens is 3. The highest BCUT2D eigenvalue weighted by atomic mass is 19.1. The maximum atomic E-state index is 13.2. The molecule has 0 atom stereocenters. The van der Waals surface area contributed by atoms with Crippen molar-refractivity contribution in [3.8, 4) is 5.69 Å². The van der Waals surface area contributed by atoms with Crippen LogP contribution in [0.3, 0.4) is 0 Å². The predicted molar refractivity (Wildman–Crippen MR) is 106 cm³/mol. The second-order valence-electron chi connectivity index (χ2n) is 6.56. The van der Waals surface area contributed by atoms with Gasteiger partial charge < -0.3 is 15.2 Å². The van der Waals surface area contributed by atoms with Crippen LogP contribution in [0.15, 0.2) is 35.1 Å². The summed E-state index contributed by atoms with van der Waals surface area (Å²) < 4.78 is 14.8. The lowest BCUT2D eigenvalue weighted by Gasteiger charge is -2.17. The first-order chi connectivity index (χ1) is 13.0. The lowest BCUT2D eigenvalue weighted by Crippen LogP contribution is -2.32. The van der Waals surface area contributed by atoms with Crippen LogP contribution in [0.25, 0.3) is 16.7 Å². The molecule has 0 radical (unpaired) electrons. The Bertz CT molecular complexity index is 957. The van der Waals surface area contributed by atoms with Crippen LogP contribution in [-0.4, -0.2) is 45.8 Å². The van der Waals surface area contributed by atoms with Gasteiger partial charge in [0.25, 0.3) is 5.56 Å². The molecule has 0 amide bonds. The van der Waals surface area contributed by atoms with Gasteiger partial charge in [0.1, 0.15) is 11.5 Å². The zero-order valence-electron chi connectivity index (χ0n) is 16.1. The highest BCUT2D eigenvalue weighted by Crippen LogP contribution is 2.20. The van der Waals surface area contributed by atoms with E-state index in [0.717, 1.165) is 37.3 Å². The van der Waals surface area contributed by atoms with Gasteiger partial charge in [-0.3, -0.25) is 4.79 Å². The summed E-state index contributed by atoms with van der Waals surface area (Å²) in [5.41, 5.74) is 2.69. The average molecular weight is 371 g/mol. The van der Waals surface area contributed by atoms with E-state index in [-0.39, 0.29) is 11.4 Å². The molecule has 0 aliphatic rings. The van der Waals surface area contributed by atoms with Crippen molar-refractivity contribution in [3.63, 3.8) is 0 Å². The summed E-state index contributed by atoms with van der Waals surface area (Å²) in [5, 5.41) is 8.74. The van der Waals surface area contributed by atoms with E-state index in [1.165, 1.54) is 12.1 Å². The van der Waals surface area contributed by atoms with E-state index in [2.05, 4.69) is 34.1 Å². The maximum Gasteiger partial charge on any atom is 0.254 e. The fourth-order valence-corrected chi connectivity index (χ4v) is 3.16. The molecule has 0 aliphatic heterocycles. The van der Waals surface area contributed by atoms with Crippen LogP contribution in [0, 0.1) is 12.7 Å². The Labute approximate surface area is 158 Å². The summed E-state index contributed by atoms with van der Waals surface area (Å²) in [6.45, 7) is 10.5. The van der Waals surface area contributed by atoms with E-state index in [1.807, 2.05) is 13.0 Å². The normalized spacial score (nSPS) is 11.6. The van der Waals surface area contributed by atoms with Crippen molar-refractivity contribution in [1.29, 1.82) is 0 Å². The second kappa shape index (κ2) is 8.45. The number of hydrogen-bond donors (Lipinski definition) is 2. The van der Waals surface area contributed by atoms with Crippen molar-refractivity contribution >= 4 is 11.0 Å². The monoisotopic (exact) mass is 371 g/mol. The predicted octanol–water partition coefficient (Wildman–Crippen LogP) is 2.59. The summed E-state index contributed by atoms with van der Waals surface area (Å²) in [7, 11) is 0. The van der Waals surface area contributed by atoms with Gasteiger partial charge in [-0.1, -0.05) is 13.8 Å². The van der Waals surface area contributed by atoms with Crippen LogP contribution in [-0.2, 0) is 6.54 Å². The van der Waals surface area contributed by atoms with E-state index in [4.69, 9.17) is 0 Å². The number of nitrogens with zero attached hydrogens (tertiary/aromatic N) is 3. The highest BCUT2D eigenvalue weighted by molar-refractivity contribution is 5.80. The smallest absolute Gasteiger partial charge is 0.254 e. The number of aromatic amines is 1. The first kappa shape index (κ1) is 19.3. The molecule has 0 aliphatic carbocycles. The number of fused-ring (bicyclic) bond motifs is 1. The molecule has 1 aromatic carbocycles. The Kier molecular flexibility index (Phi) is 6.03. The standard InChI is InChI=1S/C20H26FN5O/c1-4-25(5-2)11-10-22-13-15-12-18-14(3)24-26(19(18)23-20(15)27)17-8-6-16(21)7-9-17/h6-9,12,22H,4-5,10-11,13H2,1-3H3,(H,23,27). The quantitative estimate of drug-likeness (QED) is 0.598. The average Bonchev–Trinajstić information content (AvgIpc) is 2.98. The first-order valence-electron chi connectivity index (χ1n) is 9.34. The van der Waals surface area contributed by atoms with Crippen LogP contribution in [0.1, 0.15) is 25.1 Å². The molecule has 0 saturated heterocycles. The molecule has 0 spiro atoms. The molecule has 3 aromatic rings. The molecule has 0 fully saturated rings. The summed E-state index contributed by atoms with van der Waals surface area (Å²) in [6, 6.07) is 7.93. The van der Waals surface area contributed by atoms with E-state index in [1.54, 1.807) is 16.8 Å². The van der Waals surface area contributed by atoms with E-state index in [0.29, 0.717) is 23.4 Å². The van der Waals surface area contributed by atoms with Crippen LogP contribution in [0.4, 0.5) is 4.39 Å². The SMILES string of the molecule is CCN(CC)CCNCc1cc2c(C)nn(-c3ccc(F)cc3)c2[nH]c1=O. The van der Waals surface area contributed by atoms with Gasteiger partial charge in [0, 0.05) is 30.6 Å². The summed E-state index contributed by atoms with van der Waals surface area (Å²) in [4.78, 5) is 17.8. The van der Waals surface area contributed by atoms with Gasteiger partial charge in [-0.15, -0.1) is 0 Å². The van der Waals surface area contributed by atoms with Crippen molar-refractivity contribution in [2.75, 3.05) is 26.2 Å². The number of aryl methyl sites for hydroxylation is 1. The number of hydrogen-bond acceptors (Lipinski definition) is 4. The molecule has 2 N–H and O–H groups in total. The van der Waals surface area contributed by atoms with Gasteiger partial charge in [0.2, 0.25) is 0 Å². The van der Waals surface area contributed by atoms with Gasteiger partial charge in [0.05, 0.1) is 11.4 Å². The molecule has 7 heteroatoms. The minimum Gasteiger partial charge on any atom is -0.311 e. The van der Waals surface area contributed by atoms with Crippen molar-refractivity contribution in [1.82, 2.24) is 25.0 Å². The van der Waals surface area contributed by atoms with Crippen molar-refractivity contribution in [3.05, 3.63) is 57.8 Å². The molecule has 2 heterocycles. The van der Waals surface area contributed by atoms with Crippen molar-refractivity contribution in [2.24, 2.45) is 0 Å². The molecule has 144 valence electrons. The summed E-state index contributed by atoms with van der Waals surface area (Å²) in [5.74, 6) is -0.307. The number of benzene rings is 1. The Morgan fingerprint density at radius 1 is 1.22 bits per heavy atom. The zero-order chi connectivity index (χ0) is 19.4. The zero-order valence-corrected chi connectivity index (χ0v) is 16.1. The first-order valence-corrected chi connectivity index (χ1v) is 9.34. The minimum absolute atomic E-state index is 0.138. The van der Waals surface area contributed by atoms with Crippen molar-refractivity contribution in [2.45, 2.75) is 27.3 Å². The van der Waals surface area contributed by atoms with E-state index < -0.39 is 0 Å². The van der Waals surface area contributed by atoms with Gasteiger partial charge in [-0.05, 0) is 50.3 Å². The van der Waals surface area contributed by atoms with E-state index >= 15 is 0 Å². The molecular weight excluding hydrogens is 345 g/mol. The second-order valence-corrected chi connectivity index (χ2v) is 6.56. The lowest BCUT2D eigenvalue weighted by atomic mass is 10.2. The maximum absolute atomic E-state index is 13.2. The number of halogens is 1. The molecule has 0 saturated carbocycles. The minimum atomic E-state index is -0.307. The Balaban J connectivity index is 1.82. The largest absolute Gasteiger partial charge is 0.311 e. The van der Waals surface area contributed by atoms with Crippen LogP contribution in [0.2, 0.25) is 0 Å². The highest BCUT2D eigenvalue weighted by Gasteiger charge is 2.13. The molecule has 0 bridgehead atoms. The number of pyridine rings is 1. The molecule has 3 rings (SSSR count). The molecule has 2 aromatic heterocycles. The Morgan fingerprint density at radius 3 is 2.59 bits per heavy atom. The lowest BCUT2D eigenvalue weighted by molar-refractivity contribution is 0.302. The Morgan fingerprint density at radius 2 is 1.93 bits per heavy atom. The van der Waals surface area contributed by atoms with Crippen LogP contribution >= 0.6 is 0 Å². The van der Waals surface area contributed by atoms with Crippen LogP contribution < -0.4 is 10.9 Å².